The Kier molecular flexibility index (Phi) is 4.95. The number of anilines is 1. The topological polar surface area (TPSA) is 55.8 Å². The molecule has 0 spiro atoms. The second kappa shape index (κ2) is 7.11. The van der Waals surface area contributed by atoms with Crippen LogP contribution >= 0.6 is 0 Å². The molecule has 1 atom stereocenters. The van der Waals surface area contributed by atoms with E-state index in [1.165, 1.54) is 11.3 Å². The molecule has 0 radical (unpaired) electrons. The molecule has 22 heavy (non-hydrogen) atoms. The van der Waals surface area contributed by atoms with E-state index in [2.05, 4.69) is 39.4 Å². The number of piperidine rings is 1. The van der Waals surface area contributed by atoms with Crippen molar-refractivity contribution in [2.24, 2.45) is 5.92 Å². The molecule has 2 saturated heterocycles. The summed E-state index contributed by atoms with van der Waals surface area (Å²) >= 11 is 0. The van der Waals surface area contributed by atoms with Crippen molar-refractivity contribution in [3.8, 4) is 0 Å². The lowest BCUT2D eigenvalue weighted by molar-refractivity contribution is -0.141. The van der Waals surface area contributed by atoms with Crippen LogP contribution in [0.15, 0.2) is 24.3 Å². The number of piperazine rings is 1. The number of hydrogen-bond donors (Lipinski definition) is 2. The summed E-state index contributed by atoms with van der Waals surface area (Å²) in [5, 5.41) is 12.6. The van der Waals surface area contributed by atoms with Gasteiger partial charge < -0.3 is 15.3 Å². The minimum absolute atomic E-state index is 0.231. The Bertz CT molecular complexity index is 514. The number of aliphatic carboxylic acids is 1. The fraction of sp³-hybridized carbons (Fsp3) is 0.588. The molecule has 2 N–H and O–H groups in total. The first-order chi connectivity index (χ1) is 10.7. The Balaban J connectivity index is 1.66. The van der Waals surface area contributed by atoms with Gasteiger partial charge in [0.15, 0.2) is 0 Å². The molecule has 5 heteroatoms. The third kappa shape index (κ3) is 3.78. The van der Waals surface area contributed by atoms with E-state index in [-0.39, 0.29) is 5.92 Å². The van der Waals surface area contributed by atoms with E-state index >= 15 is 0 Å². The minimum atomic E-state index is -0.665. The van der Waals surface area contributed by atoms with Crippen molar-refractivity contribution in [2.45, 2.75) is 19.4 Å². The van der Waals surface area contributed by atoms with Gasteiger partial charge in [-0.1, -0.05) is 12.1 Å². The minimum Gasteiger partial charge on any atom is -0.481 e. The van der Waals surface area contributed by atoms with Crippen LogP contribution in [-0.2, 0) is 11.3 Å². The van der Waals surface area contributed by atoms with Crippen LogP contribution in [0, 0.1) is 5.92 Å². The van der Waals surface area contributed by atoms with E-state index in [0.717, 1.165) is 52.1 Å². The highest BCUT2D eigenvalue weighted by molar-refractivity contribution is 5.71. The Labute approximate surface area is 131 Å². The summed E-state index contributed by atoms with van der Waals surface area (Å²) in [6.07, 6.45) is 1.76. The summed E-state index contributed by atoms with van der Waals surface area (Å²) in [5.41, 5.74) is 2.48. The summed E-state index contributed by atoms with van der Waals surface area (Å²) in [4.78, 5) is 15.9. The van der Waals surface area contributed by atoms with Crippen LogP contribution in [0.1, 0.15) is 18.4 Å². The molecule has 0 bridgehead atoms. The van der Waals surface area contributed by atoms with Gasteiger partial charge in [0.2, 0.25) is 0 Å². The SMILES string of the molecule is O=C(O)C1CCCN(c2cccc(CN3CCNCC3)c2)C1. The van der Waals surface area contributed by atoms with Gasteiger partial charge in [0.1, 0.15) is 0 Å². The third-order valence-electron chi connectivity index (χ3n) is 4.66. The molecule has 2 aliphatic rings. The lowest BCUT2D eigenvalue weighted by atomic mass is 9.97. The highest BCUT2D eigenvalue weighted by Gasteiger charge is 2.25. The summed E-state index contributed by atoms with van der Waals surface area (Å²) < 4.78 is 0. The quantitative estimate of drug-likeness (QED) is 0.880. The fourth-order valence-corrected chi connectivity index (χ4v) is 3.39. The van der Waals surface area contributed by atoms with E-state index in [1.54, 1.807) is 0 Å². The fourth-order valence-electron chi connectivity index (χ4n) is 3.39. The molecule has 0 amide bonds. The highest BCUT2D eigenvalue weighted by atomic mass is 16.4. The van der Waals surface area contributed by atoms with E-state index in [0.29, 0.717) is 6.54 Å². The maximum Gasteiger partial charge on any atom is 0.308 e. The molecule has 0 aromatic heterocycles. The average molecular weight is 303 g/mol. The molecule has 3 rings (SSSR count). The van der Waals surface area contributed by atoms with E-state index < -0.39 is 5.97 Å². The largest absolute Gasteiger partial charge is 0.481 e. The standard InChI is InChI=1S/C17H25N3O2/c21-17(22)15-4-2-8-20(13-15)16-5-1-3-14(11-16)12-19-9-6-18-7-10-19/h1,3,5,11,15,18H,2,4,6-10,12-13H2,(H,21,22). The number of hydrogen-bond acceptors (Lipinski definition) is 4. The molecule has 1 aromatic rings. The van der Waals surface area contributed by atoms with Crippen molar-refractivity contribution >= 4 is 11.7 Å². The van der Waals surface area contributed by atoms with Gasteiger partial charge in [0, 0.05) is 51.5 Å². The van der Waals surface area contributed by atoms with Crippen molar-refractivity contribution in [2.75, 3.05) is 44.2 Å². The zero-order valence-electron chi connectivity index (χ0n) is 13.0. The summed E-state index contributed by atoms with van der Waals surface area (Å²) in [6.45, 7) is 6.88. The molecule has 2 aliphatic heterocycles. The second-order valence-electron chi connectivity index (χ2n) is 6.32. The maximum absolute atomic E-state index is 11.2. The van der Waals surface area contributed by atoms with Crippen molar-refractivity contribution in [3.05, 3.63) is 29.8 Å². The predicted molar refractivity (Wildman–Crippen MR) is 87.2 cm³/mol. The summed E-state index contributed by atoms with van der Waals surface area (Å²) in [7, 11) is 0. The van der Waals surface area contributed by atoms with E-state index in [4.69, 9.17) is 0 Å². The van der Waals surface area contributed by atoms with Gasteiger partial charge in [0.05, 0.1) is 5.92 Å². The Morgan fingerprint density at radius 3 is 2.86 bits per heavy atom. The number of benzene rings is 1. The van der Waals surface area contributed by atoms with Gasteiger partial charge in [-0.25, -0.2) is 0 Å². The maximum atomic E-state index is 11.2. The Morgan fingerprint density at radius 2 is 2.09 bits per heavy atom. The normalized spacial score (nSPS) is 23.5. The van der Waals surface area contributed by atoms with E-state index in [1.807, 2.05) is 0 Å². The van der Waals surface area contributed by atoms with Crippen LogP contribution in [-0.4, -0.2) is 55.2 Å². The van der Waals surface area contributed by atoms with Gasteiger partial charge in [-0.3, -0.25) is 9.69 Å². The van der Waals surface area contributed by atoms with Crippen molar-refractivity contribution < 1.29 is 9.90 Å². The smallest absolute Gasteiger partial charge is 0.308 e. The van der Waals surface area contributed by atoms with E-state index in [9.17, 15) is 9.90 Å². The lowest BCUT2D eigenvalue weighted by Crippen LogP contribution is -2.43. The second-order valence-corrected chi connectivity index (χ2v) is 6.32. The van der Waals surface area contributed by atoms with Crippen molar-refractivity contribution in [1.82, 2.24) is 10.2 Å². The predicted octanol–water partition coefficient (Wildman–Crippen LogP) is 1.39. The first-order valence-electron chi connectivity index (χ1n) is 8.22. The van der Waals surface area contributed by atoms with Gasteiger partial charge >= 0.3 is 5.97 Å². The molecule has 2 heterocycles. The molecule has 1 unspecified atom stereocenters. The lowest BCUT2D eigenvalue weighted by Gasteiger charge is -2.33. The first kappa shape index (κ1) is 15.3. The summed E-state index contributed by atoms with van der Waals surface area (Å²) in [5.74, 6) is -0.896. The molecule has 120 valence electrons. The average Bonchev–Trinajstić information content (AvgIpc) is 2.56. The van der Waals surface area contributed by atoms with Gasteiger partial charge in [-0.2, -0.15) is 0 Å². The molecule has 5 nitrogen and oxygen atoms in total. The zero-order chi connectivity index (χ0) is 15.4. The molecule has 2 fully saturated rings. The van der Waals surface area contributed by atoms with Crippen molar-refractivity contribution in [3.63, 3.8) is 0 Å². The number of nitrogens with one attached hydrogen (secondary N) is 1. The number of carbonyl (C=O) groups is 1. The van der Waals surface area contributed by atoms with Crippen LogP contribution in [0.5, 0.6) is 0 Å². The number of carboxylic acids is 1. The Morgan fingerprint density at radius 1 is 1.27 bits per heavy atom. The van der Waals surface area contributed by atoms with Gasteiger partial charge in [0.25, 0.3) is 0 Å². The number of nitrogens with zero attached hydrogens (tertiary/aromatic N) is 2. The summed E-state index contributed by atoms with van der Waals surface area (Å²) in [6, 6.07) is 8.60. The molecular weight excluding hydrogens is 278 g/mol. The van der Waals surface area contributed by atoms with Crippen LogP contribution in [0.4, 0.5) is 5.69 Å². The monoisotopic (exact) mass is 303 g/mol. The first-order valence-corrected chi connectivity index (χ1v) is 8.22. The van der Waals surface area contributed by atoms with Gasteiger partial charge in [-0.05, 0) is 30.5 Å². The highest BCUT2D eigenvalue weighted by Crippen LogP contribution is 2.24. The molecule has 0 aliphatic carbocycles. The number of rotatable bonds is 4. The molecule has 1 aromatic carbocycles. The van der Waals surface area contributed by atoms with Crippen LogP contribution in [0.2, 0.25) is 0 Å². The Hall–Kier alpha value is -1.59. The van der Waals surface area contributed by atoms with Crippen LogP contribution < -0.4 is 10.2 Å². The van der Waals surface area contributed by atoms with Crippen molar-refractivity contribution in [1.29, 1.82) is 0 Å². The molecular formula is C17H25N3O2. The molecule has 0 saturated carbocycles. The van der Waals surface area contributed by atoms with Crippen LogP contribution in [0.3, 0.4) is 0 Å². The number of carboxylic acid groups (broad SMARTS) is 1. The third-order valence-corrected chi connectivity index (χ3v) is 4.66. The van der Waals surface area contributed by atoms with Gasteiger partial charge in [-0.15, -0.1) is 0 Å². The zero-order valence-corrected chi connectivity index (χ0v) is 13.0. The van der Waals surface area contributed by atoms with Crippen LogP contribution in [0.25, 0.3) is 0 Å².